The molecule has 0 fully saturated rings. The zero-order valence-electron chi connectivity index (χ0n) is 19.1. The lowest BCUT2D eigenvalue weighted by Crippen LogP contribution is -2.22. The molecule has 5 nitrogen and oxygen atoms in total. The average molecular weight is 524 g/mol. The highest BCUT2D eigenvalue weighted by atomic mass is 79.9. The largest absolute Gasteiger partial charge is 0.347 e. The number of hydrogen-bond donors (Lipinski definition) is 1. The molecule has 2 aromatic heterocycles. The summed E-state index contributed by atoms with van der Waals surface area (Å²) in [6, 6.07) is 24.2. The van der Waals surface area contributed by atoms with E-state index in [-0.39, 0.29) is 11.8 Å². The molecule has 0 atom stereocenters. The predicted octanol–water partition coefficient (Wildman–Crippen LogP) is 5.99. The van der Waals surface area contributed by atoms with Crippen molar-refractivity contribution in [2.24, 2.45) is 0 Å². The Hall–Kier alpha value is -3.90. The van der Waals surface area contributed by atoms with Gasteiger partial charge in [-0.3, -0.25) is 14.9 Å². The van der Waals surface area contributed by atoms with Gasteiger partial charge in [-0.05, 0) is 30.7 Å². The second kappa shape index (κ2) is 8.40. The minimum Gasteiger partial charge on any atom is -0.347 e. The summed E-state index contributed by atoms with van der Waals surface area (Å²) in [4.78, 5) is 26.4. The molecule has 0 saturated carbocycles. The first-order valence-corrected chi connectivity index (χ1v) is 12.4. The highest BCUT2D eigenvalue weighted by Crippen LogP contribution is 2.39. The van der Waals surface area contributed by atoms with Crippen molar-refractivity contribution < 1.29 is 9.59 Å². The maximum absolute atomic E-state index is 13.2. The molecule has 0 bridgehead atoms. The number of rotatable bonds is 5. The van der Waals surface area contributed by atoms with Crippen molar-refractivity contribution in [2.45, 2.75) is 20.0 Å². The summed E-state index contributed by atoms with van der Waals surface area (Å²) >= 11 is 3.59. The van der Waals surface area contributed by atoms with Crippen LogP contribution in [0.2, 0.25) is 0 Å². The van der Waals surface area contributed by atoms with Gasteiger partial charge in [0.1, 0.15) is 0 Å². The maximum Gasteiger partial charge on any atom is 0.259 e. The Morgan fingerprint density at radius 2 is 1.37 bits per heavy atom. The van der Waals surface area contributed by atoms with E-state index in [0.717, 1.165) is 49.5 Å². The van der Waals surface area contributed by atoms with Gasteiger partial charge in [-0.25, -0.2) is 0 Å². The zero-order valence-corrected chi connectivity index (χ0v) is 20.7. The van der Waals surface area contributed by atoms with Gasteiger partial charge in [0, 0.05) is 57.4 Å². The lowest BCUT2D eigenvalue weighted by Gasteiger charge is -2.05. The van der Waals surface area contributed by atoms with Crippen LogP contribution in [0.1, 0.15) is 23.6 Å². The van der Waals surface area contributed by atoms with Crippen molar-refractivity contribution in [2.75, 3.05) is 0 Å². The van der Waals surface area contributed by atoms with Crippen molar-refractivity contribution >= 4 is 60.7 Å². The number of carbonyl (C=O) groups is 2. The summed E-state index contributed by atoms with van der Waals surface area (Å²) < 4.78 is 5.21. The molecule has 6 rings (SSSR count). The van der Waals surface area contributed by atoms with Crippen molar-refractivity contribution in [3.63, 3.8) is 0 Å². The molecule has 0 aliphatic carbocycles. The number of benzene rings is 3. The Morgan fingerprint density at radius 3 is 2.09 bits per heavy atom. The van der Waals surface area contributed by atoms with Gasteiger partial charge < -0.3 is 9.13 Å². The van der Waals surface area contributed by atoms with E-state index >= 15 is 0 Å². The van der Waals surface area contributed by atoms with E-state index in [9.17, 15) is 9.59 Å². The first-order valence-electron chi connectivity index (χ1n) is 11.6. The molecule has 1 N–H and O–H groups in total. The summed E-state index contributed by atoms with van der Waals surface area (Å²) in [7, 11) is 0. The van der Waals surface area contributed by atoms with E-state index in [0.29, 0.717) is 17.7 Å². The van der Waals surface area contributed by atoms with E-state index in [2.05, 4.69) is 55.5 Å². The smallest absolute Gasteiger partial charge is 0.259 e. The van der Waals surface area contributed by atoms with Crippen molar-refractivity contribution in [3.05, 3.63) is 106 Å². The van der Waals surface area contributed by atoms with Crippen molar-refractivity contribution in [1.82, 2.24) is 14.5 Å². The Labute approximate surface area is 210 Å². The van der Waals surface area contributed by atoms with Gasteiger partial charge in [-0.15, -0.1) is 0 Å². The fourth-order valence-electron chi connectivity index (χ4n) is 5.05. The normalized spacial score (nSPS) is 13.9. The van der Waals surface area contributed by atoms with E-state index < -0.39 is 0 Å². The minimum atomic E-state index is -0.361. The lowest BCUT2D eigenvalue weighted by molar-refractivity contribution is -0.122. The molecule has 1 aliphatic rings. The SMILES string of the molecule is CCn1cc(C2=C(c3cn(Cc4ccccc4)c4cc(Br)ccc34)C(=O)NC2=O)c2ccccc21. The van der Waals surface area contributed by atoms with Crippen LogP contribution in [0.5, 0.6) is 0 Å². The molecular weight excluding hydrogens is 502 g/mol. The van der Waals surface area contributed by atoms with Crippen LogP contribution in [-0.2, 0) is 22.7 Å². The molecule has 1 aliphatic heterocycles. The third-order valence-electron chi connectivity index (χ3n) is 6.64. The van der Waals surface area contributed by atoms with Crippen LogP contribution >= 0.6 is 15.9 Å². The van der Waals surface area contributed by atoms with Crippen LogP contribution in [0.15, 0.2) is 89.7 Å². The molecule has 0 spiro atoms. The molecule has 3 aromatic carbocycles. The van der Waals surface area contributed by atoms with Gasteiger partial charge in [0.15, 0.2) is 0 Å². The molecular formula is C29H22BrN3O2. The fraction of sp³-hybridized carbons (Fsp3) is 0.103. The van der Waals surface area contributed by atoms with Crippen LogP contribution in [0.3, 0.4) is 0 Å². The van der Waals surface area contributed by atoms with E-state index in [1.807, 2.05) is 67.0 Å². The summed E-state index contributed by atoms with van der Waals surface area (Å²) in [6.07, 6.45) is 3.98. The average Bonchev–Trinajstić information content (AvgIpc) is 3.50. The Bertz CT molecular complexity index is 1670. The van der Waals surface area contributed by atoms with Gasteiger partial charge in [0.2, 0.25) is 0 Å². The fourth-order valence-corrected chi connectivity index (χ4v) is 5.40. The molecule has 35 heavy (non-hydrogen) atoms. The predicted molar refractivity (Wildman–Crippen MR) is 143 cm³/mol. The standard InChI is InChI=1S/C29H22BrN3O2/c1-2-32-16-22(20-10-6-7-11-24(20)32)26-27(29(35)31-28(26)34)23-17-33(15-18-8-4-3-5-9-18)25-14-19(30)12-13-21(23)25/h3-14,16-17H,2,15H2,1H3,(H,31,34,35). The zero-order chi connectivity index (χ0) is 24.1. The van der Waals surface area contributed by atoms with Gasteiger partial charge in [-0.1, -0.05) is 70.5 Å². The molecule has 5 aromatic rings. The third-order valence-corrected chi connectivity index (χ3v) is 7.13. The minimum absolute atomic E-state index is 0.356. The first-order chi connectivity index (χ1) is 17.0. The van der Waals surface area contributed by atoms with E-state index in [1.54, 1.807) is 0 Å². The summed E-state index contributed by atoms with van der Waals surface area (Å²) in [5.74, 6) is -0.718. The maximum atomic E-state index is 13.2. The van der Waals surface area contributed by atoms with Crippen LogP contribution in [0, 0.1) is 0 Å². The monoisotopic (exact) mass is 523 g/mol. The van der Waals surface area contributed by atoms with Gasteiger partial charge >= 0.3 is 0 Å². The number of carbonyl (C=O) groups excluding carboxylic acids is 2. The van der Waals surface area contributed by atoms with Gasteiger partial charge in [0.05, 0.1) is 16.7 Å². The summed E-state index contributed by atoms with van der Waals surface area (Å²) in [5.41, 5.74) is 5.58. The number of nitrogens with zero attached hydrogens (tertiary/aromatic N) is 2. The van der Waals surface area contributed by atoms with E-state index in [4.69, 9.17) is 0 Å². The highest BCUT2D eigenvalue weighted by molar-refractivity contribution is 9.10. The van der Waals surface area contributed by atoms with Crippen LogP contribution < -0.4 is 5.32 Å². The summed E-state index contributed by atoms with van der Waals surface area (Å²) in [5, 5.41) is 4.45. The number of amides is 2. The number of aryl methyl sites for hydroxylation is 1. The molecule has 3 heterocycles. The van der Waals surface area contributed by atoms with Crippen molar-refractivity contribution in [3.8, 4) is 0 Å². The molecule has 0 saturated heterocycles. The summed E-state index contributed by atoms with van der Waals surface area (Å²) in [6.45, 7) is 3.49. The highest BCUT2D eigenvalue weighted by Gasteiger charge is 2.35. The number of imide groups is 1. The van der Waals surface area contributed by atoms with Gasteiger partial charge in [0.25, 0.3) is 11.8 Å². The third kappa shape index (κ3) is 3.53. The van der Waals surface area contributed by atoms with Crippen LogP contribution in [0.4, 0.5) is 0 Å². The second-order valence-corrected chi connectivity index (χ2v) is 9.61. The molecule has 2 amide bonds. The lowest BCUT2D eigenvalue weighted by atomic mass is 9.95. The number of fused-ring (bicyclic) bond motifs is 2. The van der Waals surface area contributed by atoms with Crippen LogP contribution in [0.25, 0.3) is 33.0 Å². The molecule has 172 valence electrons. The Balaban J connectivity index is 1.62. The Kier molecular flexibility index (Phi) is 5.19. The van der Waals surface area contributed by atoms with Gasteiger partial charge in [-0.2, -0.15) is 0 Å². The Morgan fingerprint density at radius 1 is 0.743 bits per heavy atom. The van der Waals surface area contributed by atoms with Crippen LogP contribution in [-0.4, -0.2) is 20.9 Å². The van der Waals surface area contributed by atoms with Crippen molar-refractivity contribution in [1.29, 1.82) is 0 Å². The number of nitrogens with one attached hydrogen (secondary N) is 1. The second-order valence-electron chi connectivity index (χ2n) is 8.70. The van der Waals surface area contributed by atoms with E-state index in [1.165, 1.54) is 0 Å². The molecule has 0 unspecified atom stereocenters. The number of halogens is 1. The molecule has 6 heteroatoms. The first kappa shape index (κ1) is 21.6. The number of aromatic nitrogens is 2. The topological polar surface area (TPSA) is 56.0 Å². The number of hydrogen-bond acceptors (Lipinski definition) is 2. The number of para-hydroxylation sites is 1. The quantitative estimate of drug-likeness (QED) is 0.287. The molecule has 0 radical (unpaired) electrons.